The van der Waals surface area contributed by atoms with Crippen LogP contribution in [0.5, 0.6) is 0 Å². The molecular weight excluding hydrogens is 286 g/mol. The Bertz CT molecular complexity index is 724. The van der Waals surface area contributed by atoms with E-state index in [4.69, 9.17) is 0 Å². The van der Waals surface area contributed by atoms with E-state index in [2.05, 4.69) is 31.9 Å². The van der Waals surface area contributed by atoms with E-state index in [-0.39, 0.29) is 0 Å². The first-order valence-electron chi connectivity index (χ1n) is 8.13. The number of hydrogen-bond acceptors (Lipinski definition) is 5. The van der Waals surface area contributed by atoms with Gasteiger partial charge in [0.15, 0.2) is 0 Å². The standard InChI is InChI=1S/C18H19N5/c19-11-15-3-1-2-4-16(15)23-10-7-14-6-9-22(12-17(14)23)18-5-8-20-13-21-18/h1-5,8,13-14,17H,6-7,9-10,12H2. The summed E-state index contributed by atoms with van der Waals surface area (Å²) in [5, 5.41) is 9.40. The maximum absolute atomic E-state index is 9.40. The molecular formula is C18H19N5. The highest BCUT2D eigenvalue weighted by atomic mass is 15.3. The third-order valence-electron chi connectivity index (χ3n) is 5.09. The highest BCUT2D eigenvalue weighted by molar-refractivity contribution is 5.61. The molecule has 2 aliphatic heterocycles. The Kier molecular flexibility index (Phi) is 3.58. The first-order valence-corrected chi connectivity index (χ1v) is 8.13. The summed E-state index contributed by atoms with van der Waals surface area (Å²) in [6.45, 7) is 3.04. The van der Waals surface area contributed by atoms with E-state index in [1.165, 1.54) is 12.8 Å². The van der Waals surface area contributed by atoms with Gasteiger partial charge in [0.2, 0.25) is 0 Å². The second kappa shape index (κ2) is 5.88. The summed E-state index contributed by atoms with van der Waals surface area (Å²) < 4.78 is 0. The van der Waals surface area contributed by atoms with Gasteiger partial charge in [0.1, 0.15) is 18.2 Å². The first-order chi connectivity index (χ1) is 11.4. The number of hydrogen-bond donors (Lipinski definition) is 0. The van der Waals surface area contributed by atoms with Crippen LogP contribution in [-0.4, -0.2) is 35.6 Å². The zero-order valence-corrected chi connectivity index (χ0v) is 13.0. The second-order valence-electron chi connectivity index (χ2n) is 6.24. The van der Waals surface area contributed by atoms with Crippen molar-refractivity contribution in [3.8, 4) is 6.07 Å². The Morgan fingerprint density at radius 2 is 2.00 bits per heavy atom. The largest absolute Gasteiger partial charge is 0.365 e. The van der Waals surface area contributed by atoms with E-state index in [1.54, 1.807) is 12.5 Å². The molecule has 4 rings (SSSR count). The van der Waals surface area contributed by atoms with Crippen molar-refractivity contribution >= 4 is 11.5 Å². The minimum Gasteiger partial charge on any atom is -0.365 e. The molecule has 23 heavy (non-hydrogen) atoms. The summed E-state index contributed by atoms with van der Waals surface area (Å²) in [7, 11) is 0. The van der Waals surface area contributed by atoms with Crippen LogP contribution < -0.4 is 9.80 Å². The van der Waals surface area contributed by atoms with Crippen molar-refractivity contribution in [3.05, 3.63) is 48.4 Å². The molecule has 0 aliphatic carbocycles. The fourth-order valence-corrected chi connectivity index (χ4v) is 3.94. The van der Waals surface area contributed by atoms with Gasteiger partial charge in [-0.05, 0) is 37.0 Å². The predicted octanol–water partition coefficient (Wildman–Crippen LogP) is 2.45. The van der Waals surface area contributed by atoms with Crippen LogP contribution in [-0.2, 0) is 0 Å². The molecule has 5 nitrogen and oxygen atoms in total. The third-order valence-corrected chi connectivity index (χ3v) is 5.09. The van der Waals surface area contributed by atoms with E-state index in [9.17, 15) is 5.26 Å². The highest BCUT2D eigenvalue weighted by Crippen LogP contribution is 2.37. The van der Waals surface area contributed by atoms with Crippen LogP contribution >= 0.6 is 0 Å². The lowest BCUT2D eigenvalue weighted by Gasteiger charge is -2.40. The summed E-state index contributed by atoms with van der Waals surface area (Å²) in [6, 6.07) is 12.7. The van der Waals surface area contributed by atoms with Gasteiger partial charge in [-0.15, -0.1) is 0 Å². The lowest BCUT2D eigenvalue weighted by atomic mass is 9.92. The number of benzene rings is 1. The minimum absolute atomic E-state index is 0.452. The van der Waals surface area contributed by atoms with Crippen molar-refractivity contribution in [1.29, 1.82) is 5.26 Å². The average Bonchev–Trinajstić information content (AvgIpc) is 3.05. The third kappa shape index (κ3) is 2.50. The van der Waals surface area contributed by atoms with Gasteiger partial charge in [-0.2, -0.15) is 5.26 Å². The van der Waals surface area contributed by atoms with Gasteiger partial charge in [0.05, 0.1) is 11.3 Å². The molecule has 1 aromatic heterocycles. The highest BCUT2D eigenvalue weighted by Gasteiger charge is 2.39. The Hall–Kier alpha value is -2.61. The molecule has 0 N–H and O–H groups in total. The molecule has 0 amide bonds. The van der Waals surface area contributed by atoms with Crippen LogP contribution in [0.2, 0.25) is 0 Å². The molecule has 3 heterocycles. The van der Waals surface area contributed by atoms with Gasteiger partial charge >= 0.3 is 0 Å². The average molecular weight is 305 g/mol. The molecule has 2 aliphatic rings. The van der Waals surface area contributed by atoms with Crippen molar-refractivity contribution in [1.82, 2.24) is 9.97 Å². The molecule has 0 saturated carbocycles. The predicted molar refractivity (Wildman–Crippen MR) is 89.3 cm³/mol. The number of para-hydroxylation sites is 1. The quantitative estimate of drug-likeness (QED) is 0.853. The number of piperidine rings is 1. The van der Waals surface area contributed by atoms with Gasteiger partial charge in [-0.25, -0.2) is 9.97 Å². The SMILES string of the molecule is N#Cc1ccccc1N1CCC2CCN(c3ccncn3)CC21. The number of aromatic nitrogens is 2. The van der Waals surface area contributed by atoms with Crippen LogP contribution in [0.1, 0.15) is 18.4 Å². The molecule has 0 radical (unpaired) electrons. The van der Waals surface area contributed by atoms with Crippen LogP contribution in [0.3, 0.4) is 0 Å². The topological polar surface area (TPSA) is 56.1 Å². The fourth-order valence-electron chi connectivity index (χ4n) is 3.94. The number of fused-ring (bicyclic) bond motifs is 1. The maximum Gasteiger partial charge on any atom is 0.131 e. The Balaban J connectivity index is 1.61. The Morgan fingerprint density at radius 1 is 1.13 bits per heavy atom. The molecule has 0 spiro atoms. The summed E-state index contributed by atoms with van der Waals surface area (Å²) >= 11 is 0. The van der Waals surface area contributed by atoms with Crippen molar-refractivity contribution in [2.75, 3.05) is 29.4 Å². The molecule has 2 fully saturated rings. The van der Waals surface area contributed by atoms with Gasteiger partial charge < -0.3 is 9.80 Å². The van der Waals surface area contributed by atoms with Crippen LogP contribution in [0, 0.1) is 17.2 Å². The van der Waals surface area contributed by atoms with E-state index in [0.717, 1.165) is 36.7 Å². The normalized spacial score (nSPS) is 23.4. The van der Waals surface area contributed by atoms with E-state index >= 15 is 0 Å². The Labute approximate surface area is 136 Å². The lowest BCUT2D eigenvalue weighted by molar-refractivity contribution is 0.389. The molecule has 5 heteroatoms. The van der Waals surface area contributed by atoms with Gasteiger partial charge in [-0.3, -0.25) is 0 Å². The summed E-state index contributed by atoms with van der Waals surface area (Å²) in [5.41, 5.74) is 1.85. The lowest BCUT2D eigenvalue weighted by Crippen LogP contribution is -2.48. The van der Waals surface area contributed by atoms with Crippen molar-refractivity contribution < 1.29 is 0 Å². The fraction of sp³-hybridized carbons (Fsp3) is 0.389. The molecule has 1 aromatic carbocycles. The zero-order chi connectivity index (χ0) is 15.6. The minimum atomic E-state index is 0.452. The number of anilines is 2. The molecule has 2 aromatic rings. The van der Waals surface area contributed by atoms with Crippen LogP contribution in [0.4, 0.5) is 11.5 Å². The van der Waals surface area contributed by atoms with Crippen molar-refractivity contribution in [3.63, 3.8) is 0 Å². The van der Waals surface area contributed by atoms with Gasteiger partial charge in [0, 0.05) is 31.9 Å². The summed E-state index contributed by atoms with van der Waals surface area (Å²) in [5.74, 6) is 1.71. The molecule has 2 saturated heterocycles. The summed E-state index contributed by atoms with van der Waals surface area (Å²) in [6.07, 6.45) is 5.80. The molecule has 2 atom stereocenters. The molecule has 2 unspecified atom stereocenters. The summed E-state index contributed by atoms with van der Waals surface area (Å²) in [4.78, 5) is 13.2. The number of nitrogens with zero attached hydrogens (tertiary/aromatic N) is 5. The molecule has 0 bridgehead atoms. The van der Waals surface area contributed by atoms with Gasteiger partial charge in [0.25, 0.3) is 0 Å². The first kappa shape index (κ1) is 14.0. The van der Waals surface area contributed by atoms with Crippen molar-refractivity contribution in [2.45, 2.75) is 18.9 Å². The van der Waals surface area contributed by atoms with E-state index in [0.29, 0.717) is 12.0 Å². The second-order valence-corrected chi connectivity index (χ2v) is 6.24. The van der Waals surface area contributed by atoms with Gasteiger partial charge in [-0.1, -0.05) is 12.1 Å². The number of nitriles is 1. The monoisotopic (exact) mass is 305 g/mol. The zero-order valence-electron chi connectivity index (χ0n) is 13.0. The maximum atomic E-state index is 9.40. The van der Waals surface area contributed by atoms with Crippen molar-refractivity contribution in [2.24, 2.45) is 5.92 Å². The van der Waals surface area contributed by atoms with E-state index in [1.807, 2.05) is 24.3 Å². The smallest absolute Gasteiger partial charge is 0.131 e. The van der Waals surface area contributed by atoms with Crippen LogP contribution in [0.25, 0.3) is 0 Å². The Morgan fingerprint density at radius 3 is 2.83 bits per heavy atom. The number of rotatable bonds is 2. The molecule has 116 valence electrons. The van der Waals surface area contributed by atoms with E-state index < -0.39 is 0 Å². The van der Waals surface area contributed by atoms with Crippen LogP contribution in [0.15, 0.2) is 42.9 Å².